The van der Waals surface area contributed by atoms with Crippen LogP contribution in [-0.4, -0.2) is 16.6 Å². The number of rotatable bonds is 4. The zero-order chi connectivity index (χ0) is 13.0. The number of benzene rings is 2. The first-order valence-electron chi connectivity index (χ1n) is 5.70. The molecule has 0 bridgehead atoms. The smallest absolute Gasteiger partial charge is 0.172 e. The van der Waals surface area contributed by atoms with Crippen LogP contribution in [0.5, 0.6) is 5.75 Å². The number of aromatic hydroxyl groups is 1. The van der Waals surface area contributed by atoms with Crippen molar-refractivity contribution in [3.05, 3.63) is 65.2 Å². The number of Topliss-reactive ketones (excluding diaryl/α,β-unsaturated/α-hetero) is 1. The molecule has 92 valence electrons. The summed E-state index contributed by atoms with van der Waals surface area (Å²) in [4.78, 5) is 11.8. The summed E-state index contributed by atoms with van der Waals surface area (Å²) in [5, 5.41) is 9.24. The third-order valence-electron chi connectivity index (χ3n) is 2.79. The van der Waals surface area contributed by atoms with Gasteiger partial charge in [0.15, 0.2) is 5.78 Å². The maximum atomic E-state index is 11.8. The number of thiol groups is 1. The van der Waals surface area contributed by atoms with Crippen molar-refractivity contribution in [2.24, 2.45) is 0 Å². The number of hydrogen-bond acceptors (Lipinski definition) is 3. The number of carbonyl (C=O) groups is 1. The summed E-state index contributed by atoms with van der Waals surface area (Å²) in [6.45, 7) is 0. The van der Waals surface area contributed by atoms with Gasteiger partial charge in [-0.25, -0.2) is 0 Å². The molecule has 0 unspecified atom stereocenters. The van der Waals surface area contributed by atoms with E-state index in [1.54, 1.807) is 12.1 Å². The predicted molar refractivity (Wildman–Crippen MR) is 75.5 cm³/mol. The summed E-state index contributed by atoms with van der Waals surface area (Å²) >= 11 is 4.03. The zero-order valence-corrected chi connectivity index (χ0v) is 10.7. The van der Waals surface area contributed by atoms with Crippen LogP contribution in [0.2, 0.25) is 0 Å². The van der Waals surface area contributed by atoms with Crippen LogP contribution in [0.4, 0.5) is 0 Å². The molecule has 3 heteroatoms. The lowest BCUT2D eigenvalue weighted by Crippen LogP contribution is -2.05. The van der Waals surface area contributed by atoms with Crippen molar-refractivity contribution in [2.75, 3.05) is 5.75 Å². The molecule has 2 aromatic carbocycles. The molecule has 2 nitrogen and oxygen atoms in total. The Morgan fingerprint density at radius 1 is 1.06 bits per heavy atom. The Kier molecular flexibility index (Phi) is 4.05. The molecule has 2 aromatic rings. The van der Waals surface area contributed by atoms with Gasteiger partial charge in [0, 0.05) is 5.56 Å². The number of phenols is 1. The molecule has 0 saturated carbocycles. The summed E-state index contributed by atoms with van der Waals surface area (Å²) in [5.41, 5.74) is 2.77. The van der Waals surface area contributed by atoms with Crippen LogP contribution >= 0.6 is 12.6 Å². The fourth-order valence-corrected chi connectivity index (χ4v) is 2.04. The number of phenolic OH excluding ortho intramolecular Hbond substituents is 1. The number of hydrogen-bond donors (Lipinski definition) is 2. The largest absolute Gasteiger partial charge is 0.508 e. The van der Waals surface area contributed by atoms with Gasteiger partial charge in [0.2, 0.25) is 0 Å². The molecule has 0 aliphatic rings. The number of carbonyl (C=O) groups excluding carboxylic acids is 1. The van der Waals surface area contributed by atoms with Crippen molar-refractivity contribution in [3.8, 4) is 5.75 Å². The van der Waals surface area contributed by atoms with Gasteiger partial charge in [-0.1, -0.05) is 36.4 Å². The second-order valence-corrected chi connectivity index (χ2v) is 4.40. The molecule has 0 spiro atoms. The molecule has 0 aromatic heterocycles. The predicted octanol–water partition coefficient (Wildman–Crippen LogP) is 3.10. The highest BCUT2D eigenvalue weighted by molar-refractivity contribution is 7.81. The number of ketones is 1. The SMILES string of the molecule is O=C(CS)c1ccccc1Cc1ccc(O)cc1. The van der Waals surface area contributed by atoms with E-state index < -0.39 is 0 Å². The van der Waals surface area contributed by atoms with Crippen molar-refractivity contribution in [2.45, 2.75) is 6.42 Å². The molecule has 0 fully saturated rings. The lowest BCUT2D eigenvalue weighted by atomic mass is 9.98. The second-order valence-electron chi connectivity index (χ2n) is 4.08. The van der Waals surface area contributed by atoms with Gasteiger partial charge < -0.3 is 5.11 Å². The van der Waals surface area contributed by atoms with E-state index in [0.29, 0.717) is 6.42 Å². The van der Waals surface area contributed by atoms with Gasteiger partial charge in [-0.05, 0) is 29.7 Å². The van der Waals surface area contributed by atoms with Crippen molar-refractivity contribution in [1.82, 2.24) is 0 Å². The normalized spacial score (nSPS) is 10.3. The highest BCUT2D eigenvalue weighted by atomic mass is 32.1. The Morgan fingerprint density at radius 3 is 2.39 bits per heavy atom. The molecule has 0 amide bonds. The van der Waals surface area contributed by atoms with E-state index in [4.69, 9.17) is 0 Å². The first-order chi connectivity index (χ1) is 8.70. The maximum absolute atomic E-state index is 11.8. The Labute approximate surface area is 112 Å². The molecule has 0 aliphatic carbocycles. The molecular weight excluding hydrogens is 244 g/mol. The fourth-order valence-electron chi connectivity index (χ4n) is 1.87. The van der Waals surface area contributed by atoms with Gasteiger partial charge in [0.1, 0.15) is 5.75 Å². The first-order valence-corrected chi connectivity index (χ1v) is 6.34. The minimum Gasteiger partial charge on any atom is -0.508 e. The molecule has 2 rings (SSSR count). The minimum absolute atomic E-state index is 0.0349. The van der Waals surface area contributed by atoms with Crippen molar-refractivity contribution in [1.29, 1.82) is 0 Å². The Balaban J connectivity index is 2.28. The standard InChI is InChI=1S/C15H14O2S/c16-13-7-5-11(6-8-13)9-12-3-1-2-4-14(12)15(17)10-18/h1-8,16,18H,9-10H2. The van der Waals surface area contributed by atoms with Gasteiger partial charge in [-0.2, -0.15) is 12.6 Å². The third kappa shape index (κ3) is 2.93. The van der Waals surface area contributed by atoms with Crippen LogP contribution in [0.25, 0.3) is 0 Å². The average Bonchev–Trinajstić information content (AvgIpc) is 2.41. The van der Waals surface area contributed by atoms with Gasteiger partial charge in [0.05, 0.1) is 5.75 Å². The topological polar surface area (TPSA) is 37.3 Å². The van der Waals surface area contributed by atoms with Gasteiger partial charge >= 0.3 is 0 Å². The van der Waals surface area contributed by atoms with Gasteiger partial charge in [-0.15, -0.1) is 0 Å². The van der Waals surface area contributed by atoms with Crippen molar-refractivity contribution < 1.29 is 9.90 Å². The van der Waals surface area contributed by atoms with E-state index in [1.165, 1.54) is 0 Å². The van der Waals surface area contributed by atoms with Crippen LogP contribution in [-0.2, 0) is 6.42 Å². The Hall–Kier alpha value is -1.74. The van der Waals surface area contributed by atoms with Crippen LogP contribution in [0.3, 0.4) is 0 Å². The highest BCUT2D eigenvalue weighted by Gasteiger charge is 2.09. The molecular formula is C15H14O2S. The minimum atomic E-state index is 0.0349. The lowest BCUT2D eigenvalue weighted by Gasteiger charge is -2.07. The van der Waals surface area contributed by atoms with Crippen molar-refractivity contribution in [3.63, 3.8) is 0 Å². The van der Waals surface area contributed by atoms with Gasteiger partial charge in [-0.3, -0.25) is 4.79 Å². The molecule has 0 atom stereocenters. The quantitative estimate of drug-likeness (QED) is 0.653. The third-order valence-corrected chi connectivity index (χ3v) is 3.08. The van der Waals surface area contributed by atoms with Gasteiger partial charge in [0.25, 0.3) is 0 Å². The summed E-state index contributed by atoms with van der Waals surface area (Å²) in [7, 11) is 0. The average molecular weight is 258 g/mol. The molecule has 0 radical (unpaired) electrons. The van der Waals surface area contributed by atoms with E-state index in [9.17, 15) is 9.90 Å². The van der Waals surface area contributed by atoms with Crippen molar-refractivity contribution >= 4 is 18.4 Å². The van der Waals surface area contributed by atoms with E-state index in [-0.39, 0.29) is 17.3 Å². The Morgan fingerprint density at radius 2 is 1.72 bits per heavy atom. The summed E-state index contributed by atoms with van der Waals surface area (Å²) in [6, 6.07) is 14.6. The van der Waals surface area contributed by atoms with E-state index >= 15 is 0 Å². The van der Waals surface area contributed by atoms with E-state index in [2.05, 4.69) is 12.6 Å². The molecule has 1 N–H and O–H groups in total. The summed E-state index contributed by atoms with van der Waals surface area (Å²) in [5.74, 6) is 0.498. The van der Waals surface area contributed by atoms with E-state index in [0.717, 1.165) is 16.7 Å². The highest BCUT2D eigenvalue weighted by Crippen LogP contribution is 2.17. The monoisotopic (exact) mass is 258 g/mol. The second kappa shape index (κ2) is 5.74. The first kappa shape index (κ1) is 12.7. The van der Waals surface area contributed by atoms with Crippen LogP contribution in [0, 0.1) is 0 Å². The molecule has 0 aliphatic heterocycles. The summed E-state index contributed by atoms with van der Waals surface area (Å²) < 4.78 is 0. The maximum Gasteiger partial charge on any atom is 0.172 e. The molecule has 0 heterocycles. The van der Waals surface area contributed by atoms with E-state index in [1.807, 2.05) is 36.4 Å². The zero-order valence-electron chi connectivity index (χ0n) is 9.84. The molecule has 18 heavy (non-hydrogen) atoms. The van der Waals surface area contributed by atoms with Crippen LogP contribution in [0.15, 0.2) is 48.5 Å². The Bertz CT molecular complexity index is 547. The van der Waals surface area contributed by atoms with Crippen LogP contribution in [0.1, 0.15) is 21.5 Å². The molecule has 0 saturated heterocycles. The fraction of sp³-hybridized carbons (Fsp3) is 0.133. The summed E-state index contributed by atoms with van der Waals surface area (Å²) in [6.07, 6.45) is 0.677. The van der Waals surface area contributed by atoms with Crippen LogP contribution < -0.4 is 0 Å². The lowest BCUT2D eigenvalue weighted by molar-refractivity contribution is 0.102.